The summed E-state index contributed by atoms with van der Waals surface area (Å²) in [6, 6.07) is -2.42. The SMILES string of the molecule is NC(N)=NCCCC(N)C(=O)NC(CCCN=C(N)N)C(=O)NC1CSSCC(C(=O)NC(CO)C(=O)N2CC(Sc3ccccc3)CC2C(=O)N2C(C(=O)NC(CCCN=C(N)N)C(=O)O)CC3CCCCC32)NC(=O)CNC(=O)C2CCCN2C1=O. The van der Waals surface area contributed by atoms with Gasteiger partial charge in [0.2, 0.25) is 53.2 Å². The number of nitrogens with zero attached hydrogens (tertiary/aromatic N) is 6. The number of thioether (sulfide) groups is 1. The molecule has 0 aromatic heterocycles. The van der Waals surface area contributed by atoms with Gasteiger partial charge in [-0.25, -0.2) is 4.79 Å². The Morgan fingerprint density at radius 3 is 2.00 bits per heavy atom. The molecule has 0 bridgehead atoms. The molecule has 1 saturated carbocycles. The highest BCUT2D eigenvalue weighted by Gasteiger charge is 2.53. The lowest BCUT2D eigenvalue weighted by atomic mass is 9.84. The quantitative estimate of drug-likeness (QED) is 0.0180. The standard InChI is InChI=1S/C54H85N19O12S3/c55-32(13-6-18-62-52(56)57)43(76)67-33(14-7-19-63-53(58)59)44(77)70-37-28-87-86-27-36(66-42(75)24-65-46(79)39-17-9-21-71(39)49(37)82)45(78)69-35(26-74)48(81)72-25-31(88-30-11-2-1-3-12-30)23-41(72)50(83)73-38-16-5-4-10-29(38)22-40(73)47(80)68-34(51(84)85)15-8-20-64-54(60)61/h1-3,11-12,29,31-41,74H,4-10,13-28,55H2,(H,65,79)(H,66,75)(H,67,76)(H,68,80)(H,69,78)(H,70,77)(H,84,85)(H4,56,57,62)(H4,58,59,63)(H4,60,61,64). The van der Waals surface area contributed by atoms with E-state index >= 15 is 4.79 Å². The molecule has 31 nitrogen and oxygen atoms in total. The van der Waals surface area contributed by atoms with Crippen LogP contribution in [0.4, 0.5) is 0 Å². The van der Waals surface area contributed by atoms with Gasteiger partial charge >= 0.3 is 5.97 Å². The van der Waals surface area contributed by atoms with Gasteiger partial charge in [-0.2, -0.15) is 0 Å². The zero-order valence-electron chi connectivity index (χ0n) is 49.0. The lowest BCUT2D eigenvalue weighted by Gasteiger charge is -2.37. The number of hydrogen-bond donors (Lipinski definition) is 15. The van der Waals surface area contributed by atoms with Crippen LogP contribution in [-0.4, -0.2) is 225 Å². The van der Waals surface area contributed by atoms with E-state index in [4.69, 9.17) is 40.1 Å². The number of amides is 9. The van der Waals surface area contributed by atoms with Gasteiger partial charge in [-0.3, -0.25) is 58.1 Å². The highest BCUT2D eigenvalue weighted by molar-refractivity contribution is 8.76. The number of fused-ring (bicyclic) bond motifs is 2. The minimum atomic E-state index is -1.67. The molecule has 12 atom stereocenters. The number of carboxylic acid groups (broad SMARTS) is 1. The molecular weight excluding hydrogens is 1200 g/mol. The molecule has 5 fully saturated rings. The van der Waals surface area contributed by atoms with Crippen LogP contribution in [0.2, 0.25) is 0 Å². The molecule has 9 amide bonds. The van der Waals surface area contributed by atoms with Gasteiger partial charge in [-0.15, -0.1) is 11.8 Å². The third-order valence-corrected chi connectivity index (χ3v) is 19.5. The number of nitrogens with one attached hydrogen (secondary N) is 6. The normalized spacial score (nSPS) is 24.5. The second-order valence-electron chi connectivity index (χ2n) is 22.2. The van der Waals surface area contributed by atoms with Crippen LogP contribution >= 0.6 is 33.3 Å². The third kappa shape index (κ3) is 20.4. The number of carbonyl (C=O) groups is 10. The van der Waals surface area contributed by atoms with E-state index in [1.54, 1.807) is 0 Å². The molecule has 4 aliphatic heterocycles. The van der Waals surface area contributed by atoms with Gasteiger partial charge in [0.1, 0.15) is 48.3 Å². The maximum absolute atomic E-state index is 15.4. The van der Waals surface area contributed by atoms with Crippen molar-refractivity contribution in [2.24, 2.45) is 61.0 Å². The molecule has 1 aromatic carbocycles. The minimum absolute atomic E-state index is 0.000341. The smallest absolute Gasteiger partial charge is 0.326 e. The van der Waals surface area contributed by atoms with E-state index in [0.29, 0.717) is 19.3 Å². The Morgan fingerprint density at radius 2 is 1.35 bits per heavy atom. The fourth-order valence-corrected chi connectivity index (χ4v) is 15.1. The summed E-state index contributed by atoms with van der Waals surface area (Å²) >= 11 is 1.42. The number of benzene rings is 1. The van der Waals surface area contributed by atoms with Crippen LogP contribution in [0, 0.1) is 5.92 Å². The van der Waals surface area contributed by atoms with Gasteiger partial charge in [0.05, 0.1) is 19.2 Å². The van der Waals surface area contributed by atoms with Crippen molar-refractivity contribution >= 4 is 110 Å². The second kappa shape index (κ2) is 34.5. The molecule has 4 saturated heterocycles. The monoisotopic (exact) mass is 1290 g/mol. The number of aliphatic carboxylic acids is 1. The van der Waals surface area contributed by atoms with Crippen LogP contribution < -0.4 is 72.0 Å². The van der Waals surface area contributed by atoms with Crippen LogP contribution in [0.25, 0.3) is 0 Å². The first kappa shape index (κ1) is 69.8. The van der Waals surface area contributed by atoms with Crippen molar-refractivity contribution in [2.75, 3.05) is 57.4 Å². The molecule has 6 rings (SSSR count). The van der Waals surface area contributed by atoms with Crippen molar-refractivity contribution in [3.8, 4) is 0 Å². The molecule has 1 aromatic rings. The van der Waals surface area contributed by atoms with Gasteiger partial charge in [0, 0.05) is 60.4 Å². The zero-order valence-corrected chi connectivity index (χ0v) is 51.5. The molecule has 12 unspecified atom stereocenters. The second-order valence-corrected chi connectivity index (χ2v) is 26.1. The first-order valence-electron chi connectivity index (χ1n) is 29.5. The van der Waals surface area contributed by atoms with Crippen molar-refractivity contribution < 1.29 is 58.2 Å². The number of aliphatic hydroxyl groups excluding tert-OH is 1. The van der Waals surface area contributed by atoms with Crippen LogP contribution in [0.3, 0.4) is 0 Å². The average molecular weight is 1290 g/mol. The van der Waals surface area contributed by atoms with E-state index in [1.165, 1.54) is 26.5 Å². The number of nitrogens with two attached hydrogens (primary N) is 7. The average Bonchev–Trinajstić information content (AvgIpc) is 1.78. The van der Waals surface area contributed by atoms with E-state index in [1.807, 2.05) is 30.3 Å². The Bertz CT molecular complexity index is 2720. The number of likely N-dealkylation sites (tertiary alicyclic amines) is 2. The van der Waals surface area contributed by atoms with E-state index in [9.17, 15) is 53.4 Å². The molecule has 1 aliphatic carbocycles. The molecule has 22 N–H and O–H groups in total. The first-order chi connectivity index (χ1) is 42.1. The highest BCUT2D eigenvalue weighted by atomic mass is 33.1. The van der Waals surface area contributed by atoms with E-state index in [-0.39, 0.29) is 125 Å². The number of aliphatic imine (C=N–C) groups is 3. The molecule has 88 heavy (non-hydrogen) atoms. The number of hydrogen-bond acceptors (Lipinski definition) is 18. The molecule has 0 radical (unpaired) electrons. The van der Waals surface area contributed by atoms with Crippen molar-refractivity contribution in [2.45, 2.75) is 160 Å². The van der Waals surface area contributed by atoms with Crippen LogP contribution in [0.1, 0.15) is 89.9 Å². The van der Waals surface area contributed by atoms with Crippen molar-refractivity contribution in [3.63, 3.8) is 0 Å². The van der Waals surface area contributed by atoms with Crippen LogP contribution in [0.15, 0.2) is 50.2 Å². The van der Waals surface area contributed by atoms with Gasteiger partial charge in [-0.1, -0.05) is 52.6 Å². The predicted molar refractivity (Wildman–Crippen MR) is 332 cm³/mol. The highest BCUT2D eigenvalue weighted by Crippen LogP contribution is 2.42. The molecule has 486 valence electrons. The third-order valence-electron chi connectivity index (χ3n) is 15.8. The Hall–Kier alpha value is -7.30. The molecule has 0 spiro atoms. The fraction of sp³-hybridized carbons (Fsp3) is 0.648. The van der Waals surface area contributed by atoms with E-state index in [2.05, 4.69) is 46.9 Å². The fourth-order valence-electron chi connectivity index (χ4n) is 11.5. The van der Waals surface area contributed by atoms with Crippen LogP contribution in [0.5, 0.6) is 0 Å². The van der Waals surface area contributed by atoms with Gasteiger partial charge in [0.15, 0.2) is 17.9 Å². The molecule has 5 aliphatic rings. The van der Waals surface area contributed by atoms with Crippen molar-refractivity contribution in [1.29, 1.82) is 0 Å². The minimum Gasteiger partial charge on any atom is -0.480 e. The van der Waals surface area contributed by atoms with Gasteiger partial charge < -0.3 is 96.9 Å². The molecular formula is C54H85N19O12S3. The summed E-state index contributed by atoms with van der Waals surface area (Å²) in [6.45, 7) is -0.990. The number of carbonyl (C=O) groups excluding carboxylic acids is 9. The largest absolute Gasteiger partial charge is 0.480 e. The van der Waals surface area contributed by atoms with Gasteiger partial charge in [-0.05, 0) is 95.1 Å². The van der Waals surface area contributed by atoms with Gasteiger partial charge in [0.25, 0.3) is 0 Å². The lowest BCUT2D eigenvalue weighted by Crippen LogP contribution is -2.60. The topological polar surface area (TPSA) is 512 Å². The summed E-state index contributed by atoms with van der Waals surface area (Å²) < 4.78 is 0. The summed E-state index contributed by atoms with van der Waals surface area (Å²) in [5.74, 6) is -8.65. The number of guanidine groups is 3. The summed E-state index contributed by atoms with van der Waals surface area (Å²) in [6.07, 6.45) is 4.95. The summed E-state index contributed by atoms with van der Waals surface area (Å²) in [5.41, 5.74) is 38.9. The molecule has 34 heteroatoms. The lowest BCUT2D eigenvalue weighted by molar-refractivity contribution is -0.151. The van der Waals surface area contributed by atoms with E-state index < -0.39 is 133 Å². The van der Waals surface area contributed by atoms with Crippen molar-refractivity contribution in [3.05, 3.63) is 30.3 Å². The number of rotatable bonds is 26. The maximum atomic E-state index is 15.4. The Balaban J connectivity index is 1.20. The molecule has 4 heterocycles. The Kier molecular flexibility index (Phi) is 27.3. The number of carboxylic acids is 1. The first-order valence-corrected chi connectivity index (χ1v) is 32.9. The Labute approximate surface area is 522 Å². The predicted octanol–water partition coefficient (Wildman–Crippen LogP) is -4.60. The summed E-state index contributed by atoms with van der Waals surface area (Å²) in [5, 5.41) is 36.5. The zero-order chi connectivity index (χ0) is 64.0. The van der Waals surface area contributed by atoms with E-state index in [0.717, 1.165) is 45.7 Å². The summed E-state index contributed by atoms with van der Waals surface area (Å²) in [7, 11) is 2.08. The Morgan fingerprint density at radius 1 is 0.727 bits per heavy atom. The van der Waals surface area contributed by atoms with Crippen molar-refractivity contribution in [1.82, 2.24) is 46.6 Å². The maximum Gasteiger partial charge on any atom is 0.326 e. The van der Waals surface area contributed by atoms with Crippen LogP contribution in [-0.2, 0) is 47.9 Å². The summed E-state index contributed by atoms with van der Waals surface area (Å²) in [4.78, 5) is 158. The number of aliphatic hydroxyl groups is 1.